The number of benzene rings is 1. The van der Waals surface area contributed by atoms with Crippen LogP contribution < -0.4 is 5.32 Å². The van der Waals surface area contributed by atoms with Crippen LogP contribution in [0, 0.1) is 0 Å². The number of nitrogens with one attached hydrogen (secondary N) is 1. The molecular weight excluding hydrogens is 400 g/mol. The van der Waals surface area contributed by atoms with Gasteiger partial charge in [0.2, 0.25) is 16.9 Å². The lowest BCUT2D eigenvalue weighted by atomic mass is 10.2. The van der Waals surface area contributed by atoms with E-state index >= 15 is 0 Å². The van der Waals surface area contributed by atoms with E-state index in [0.29, 0.717) is 28.2 Å². The smallest absolute Gasteiger partial charge is 0.338 e. The summed E-state index contributed by atoms with van der Waals surface area (Å²) in [6, 6.07) is 6.40. The van der Waals surface area contributed by atoms with Gasteiger partial charge in [-0.25, -0.2) is 9.78 Å². The summed E-state index contributed by atoms with van der Waals surface area (Å²) in [5.74, 6) is -0.879. The first kappa shape index (κ1) is 20.0. The van der Waals surface area contributed by atoms with Gasteiger partial charge in [-0.05, 0) is 31.2 Å². The van der Waals surface area contributed by atoms with E-state index in [1.54, 1.807) is 49.8 Å². The topological polar surface area (TPSA) is 101 Å². The number of carbonyl (C=O) groups excluding carboxylic acids is 3. The Kier molecular flexibility index (Phi) is 6.42. The summed E-state index contributed by atoms with van der Waals surface area (Å²) in [5.41, 5.74) is 0.949. The second-order valence-electron chi connectivity index (χ2n) is 5.76. The molecule has 1 aliphatic rings. The number of hydrogen-bond acceptors (Lipinski definition) is 8. The Labute approximate surface area is 170 Å². The minimum absolute atomic E-state index is 0.0182. The van der Waals surface area contributed by atoms with Crippen molar-refractivity contribution in [3.05, 3.63) is 41.4 Å². The average Bonchev–Trinajstić information content (AvgIpc) is 3.27. The van der Waals surface area contributed by atoms with Crippen LogP contribution in [0.25, 0.3) is 0 Å². The molecule has 1 aromatic heterocycles. The molecule has 10 heteroatoms. The zero-order chi connectivity index (χ0) is 20.1. The van der Waals surface area contributed by atoms with E-state index in [4.69, 9.17) is 4.74 Å². The molecule has 2 amide bonds. The zero-order valence-corrected chi connectivity index (χ0v) is 16.9. The molecule has 3 rings (SSSR count). The van der Waals surface area contributed by atoms with E-state index < -0.39 is 11.2 Å². The van der Waals surface area contributed by atoms with Crippen molar-refractivity contribution in [2.75, 3.05) is 19.0 Å². The summed E-state index contributed by atoms with van der Waals surface area (Å²) in [5, 5.41) is 5.09. The van der Waals surface area contributed by atoms with E-state index in [9.17, 15) is 14.4 Å². The lowest BCUT2D eigenvalue weighted by molar-refractivity contribution is -0.127. The van der Waals surface area contributed by atoms with Crippen LogP contribution >= 0.6 is 23.1 Å². The van der Waals surface area contributed by atoms with E-state index in [2.05, 4.69) is 15.3 Å². The summed E-state index contributed by atoms with van der Waals surface area (Å²) in [7, 11) is 1.63. The van der Waals surface area contributed by atoms with Crippen LogP contribution in [0.4, 0.5) is 10.8 Å². The van der Waals surface area contributed by atoms with Crippen molar-refractivity contribution in [2.45, 2.75) is 18.6 Å². The van der Waals surface area contributed by atoms with Gasteiger partial charge in [-0.15, -0.1) is 11.3 Å². The Morgan fingerprint density at radius 1 is 1.32 bits per heavy atom. The molecule has 2 heterocycles. The van der Waals surface area contributed by atoms with Crippen molar-refractivity contribution in [3.8, 4) is 0 Å². The monoisotopic (exact) mass is 418 g/mol. The minimum Gasteiger partial charge on any atom is -0.462 e. The highest BCUT2D eigenvalue weighted by molar-refractivity contribution is 8.15. The van der Waals surface area contributed by atoms with Crippen LogP contribution in [0.2, 0.25) is 0 Å². The number of nitrogens with zero attached hydrogens (tertiary/aromatic N) is 3. The van der Waals surface area contributed by atoms with Crippen molar-refractivity contribution < 1.29 is 19.1 Å². The Morgan fingerprint density at radius 3 is 2.71 bits per heavy atom. The summed E-state index contributed by atoms with van der Waals surface area (Å²) in [6.45, 7) is 2.03. The van der Waals surface area contributed by atoms with E-state index in [0.717, 1.165) is 0 Å². The van der Waals surface area contributed by atoms with Gasteiger partial charge in [-0.2, -0.15) is 4.99 Å². The Bertz CT molecular complexity index is 897. The number of thiazole rings is 1. The summed E-state index contributed by atoms with van der Waals surface area (Å²) in [6.07, 6.45) is 1.66. The van der Waals surface area contributed by atoms with Crippen LogP contribution in [-0.4, -0.2) is 51.7 Å². The minimum atomic E-state index is -0.539. The third-order valence-corrected chi connectivity index (χ3v) is 5.70. The Balaban J connectivity index is 1.59. The van der Waals surface area contributed by atoms with Crippen molar-refractivity contribution in [1.29, 1.82) is 0 Å². The van der Waals surface area contributed by atoms with Crippen molar-refractivity contribution in [3.63, 3.8) is 0 Å². The first-order valence-electron chi connectivity index (χ1n) is 8.47. The van der Waals surface area contributed by atoms with E-state index in [1.165, 1.54) is 28.0 Å². The van der Waals surface area contributed by atoms with Gasteiger partial charge in [0.1, 0.15) is 5.25 Å². The number of aromatic nitrogens is 1. The molecule has 1 atom stereocenters. The Morgan fingerprint density at radius 2 is 2.07 bits per heavy atom. The number of amidine groups is 1. The summed E-state index contributed by atoms with van der Waals surface area (Å²) >= 11 is 2.62. The first-order chi connectivity index (χ1) is 13.5. The second-order valence-corrected chi connectivity index (χ2v) is 7.81. The number of thioether (sulfide) groups is 1. The van der Waals surface area contributed by atoms with Gasteiger partial charge in [0.05, 0.1) is 12.2 Å². The van der Waals surface area contributed by atoms with Crippen molar-refractivity contribution in [2.24, 2.45) is 4.99 Å². The number of ether oxygens (including phenoxy) is 1. The molecule has 1 N–H and O–H groups in total. The van der Waals surface area contributed by atoms with E-state index in [-0.39, 0.29) is 18.2 Å². The molecular formula is C18H18N4O4S2. The molecule has 2 aromatic rings. The Hall–Kier alpha value is -2.72. The maximum atomic E-state index is 12.4. The first-order valence-corrected chi connectivity index (χ1v) is 10.2. The van der Waals surface area contributed by atoms with Crippen molar-refractivity contribution >= 4 is 56.9 Å². The van der Waals surface area contributed by atoms with Crippen LogP contribution in [0.3, 0.4) is 0 Å². The molecule has 0 bridgehead atoms. The predicted octanol–water partition coefficient (Wildman–Crippen LogP) is 2.91. The largest absolute Gasteiger partial charge is 0.462 e. The number of anilines is 1. The highest BCUT2D eigenvalue weighted by atomic mass is 32.2. The standard InChI is InChI=1S/C18H18N4O4S2/c1-3-26-16(25)11-4-6-12(7-5-11)20-14(23)10-13-15(24)22(2)18(28-13)21-17-19-8-9-27-17/h4-9,13H,3,10H2,1-2H3,(H,20,23). The normalized spacial score (nSPS) is 17.8. The molecule has 0 radical (unpaired) electrons. The van der Waals surface area contributed by atoms with Crippen molar-refractivity contribution in [1.82, 2.24) is 9.88 Å². The molecule has 28 heavy (non-hydrogen) atoms. The third-order valence-electron chi connectivity index (χ3n) is 3.80. The average molecular weight is 419 g/mol. The predicted molar refractivity (Wildman–Crippen MR) is 109 cm³/mol. The molecule has 1 fully saturated rings. The molecule has 1 aliphatic heterocycles. The molecule has 1 aromatic carbocycles. The van der Waals surface area contributed by atoms with Crippen LogP contribution in [-0.2, 0) is 14.3 Å². The molecule has 146 valence electrons. The maximum Gasteiger partial charge on any atom is 0.338 e. The van der Waals surface area contributed by atoms with Gasteiger partial charge in [0.25, 0.3) is 0 Å². The van der Waals surface area contributed by atoms with Gasteiger partial charge in [-0.3, -0.25) is 14.5 Å². The number of aliphatic imine (C=N–C) groups is 1. The fourth-order valence-electron chi connectivity index (χ4n) is 2.43. The fourth-order valence-corrected chi connectivity index (χ4v) is 4.13. The number of hydrogen-bond donors (Lipinski definition) is 1. The molecule has 1 unspecified atom stereocenters. The maximum absolute atomic E-state index is 12.4. The number of amides is 2. The van der Waals surface area contributed by atoms with Gasteiger partial charge in [0.15, 0.2) is 5.17 Å². The number of esters is 1. The number of rotatable bonds is 6. The lowest BCUT2D eigenvalue weighted by Crippen LogP contribution is -2.30. The van der Waals surface area contributed by atoms with Gasteiger partial charge < -0.3 is 10.1 Å². The van der Waals surface area contributed by atoms with Crippen LogP contribution in [0.15, 0.2) is 40.8 Å². The highest BCUT2D eigenvalue weighted by Gasteiger charge is 2.37. The fraction of sp³-hybridized carbons (Fsp3) is 0.278. The molecule has 0 spiro atoms. The van der Waals surface area contributed by atoms with Crippen LogP contribution in [0.5, 0.6) is 0 Å². The van der Waals surface area contributed by atoms with Crippen LogP contribution in [0.1, 0.15) is 23.7 Å². The molecule has 8 nitrogen and oxygen atoms in total. The SMILES string of the molecule is CCOC(=O)c1ccc(NC(=O)CC2SC(=Nc3nccs3)N(C)C2=O)cc1. The van der Waals surface area contributed by atoms with Gasteiger partial charge in [-0.1, -0.05) is 11.8 Å². The quantitative estimate of drug-likeness (QED) is 0.724. The number of carbonyl (C=O) groups is 3. The summed E-state index contributed by atoms with van der Waals surface area (Å²) < 4.78 is 4.92. The summed E-state index contributed by atoms with van der Waals surface area (Å²) in [4.78, 5) is 46.2. The molecule has 1 saturated heterocycles. The van der Waals surface area contributed by atoms with Gasteiger partial charge >= 0.3 is 5.97 Å². The van der Waals surface area contributed by atoms with E-state index in [1.807, 2.05) is 0 Å². The zero-order valence-electron chi connectivity index (χ0n) is 15.2. The molecule has 0 saturated carbocycles. The molecule has 0 aliphatic carbocycles. The lowest BCUT2D eigenvalue weighted by Gasteiger charge is -2.09. The highest BCUT2D eigenvalue weighted by Crippen LogP contribution is 2.31. The van der Waals surface area contributed by atoms with Gasteiger partial charge in [0, 0.05) is 30.7 Å². The third kappa shape index (κ3) is 4.76. The second kappa shape index (κ2) is 8.98.